The molecule has 1 aromatic carbocycles. The molecule has 1 fully saturated rings. The maximum atomic E-state index is 11.1. The Kier molecular flexibility index (Phi) is 8.51. The van der Waals surface area contributed by atoms with Gasteiger partial charge in [0.2, 0.25) is 5.95 Å². The SMILES string of the molecule is C=C1C(COCc2ccccc2)C(OI)C(O)C1N(C)c1nc(N)nc(Cl)c1CCC. The summed E-state index contributed by atoms with van der Waals surface area (Å²) in [6.07, 6.45) is 0.297. The second-order valence-electron chi connectivity index (χ2n) is 7.71. The van der Waals surface area contributed by atoms with Gasteiger partial charge in [0, 0.05) is 18.5 Å². The second-order valence-corrected chi connectivity index (χ2v) is 8.57. The van der Waals surface area contributed by atoms with Gasteiger partial charge in [-0.25, -0.2) is 4.98 Å². The van der Waals surface area contributed by atoms with Gasteiger partial charge in [-0.3, -0.25) is 0 Å². The number of aliphatic hydroxyl groups is 1. The average Bonchev–Trinajstić information content (AvgIpc) is 2.99. The van der Waals surface area contributed by atoms with Crippen LogP contribution in [-0.2, 0) is 20.8 Å². The number of aliphatic hydroxyl groups excluding tert-OH is 1. The molecule has 9 heteroatoms. The van der Waals surface area contributed by atoms with E-state index in [-0.39, 0.29) is 11.9 Å². The van der Waals surface area contributed by atoms with E-state index in [2.05, 4.69) is 23.5 Å². The Hall–Kier alpha value is -1.46. The number of likely N-dealkylation sites (N-methyl/N-ethyl adjacent to an activating group) is 1. The maximum absolute atomic E-state index is 11.1. The number of aromatic nitrogens is 2. The van der Waals surface area contributed by atoms with E-state index in [0.29, 0.717) is 30.6 Å². The summed E-state index contributed by atoms with van der Waals surface area (Å²) in [6.45, 7) is 7.21. The van der Waals surface area contributed by atoms with E-state index in [1.165, 1.54) is 0 Å². The largest absolute Gasteiger partial charge is 0.388 e. The van der Waals surface area contributed by atoms with Crippen molar-refractivity contribution in [1.82, 2.24) is 9.97 Å². The van der Waals surface area contributed by atoms with E-state index in [1.807, 2.05) is 65.3 Å². The van der Waals surface area contributed by atoms with Crippen molar-refractivity contribution in [3.63, 3.8) is 0 Å². The summed E-state index contributed by atoms with van der Waals surface area (Å²) in [6, 6.07) is 9.53. The Balaban J connectivity index is 1.81. The Labute approximate surface area is 202 Å². The minimum absolute atomic E-state index is 0.0919. The molecule has 0 spiro atoms. The van der Waals surface area contributed by atoms with Crippen LogP contribution in [0, 0.1) is 5.92 Å². The van der Waals surface area contributed by atoms with Gasteiger partial charge in [0.1, 0.15) is 46.2 Å². The third-order valence-electron chi connectivity index (χ3n) is 5.63. The molecule has 0 saturated heterocycles. The van der Waals surface area contributed by atoms with Crippen LogP contribution >= 0.6 is 34.6 Å². The number of hydrogen-bond acceptors (Lipinski definition) is 7. The first-order chi connectivity index (χ1) is 14.9. The van der Waals surface area contributed by atoms with E-state index in [1.54, 1.807) is 0 Å². The maximum Gasteiger partial charge on any atom is 0.223 e. The first-order valence-corrected chi connectivity index (χ1v) is 11.4. The number of nitrogen functional groups attached to an aromatic ring is 1. The van der Waals surface area contributed by atoms with Gasteiger partial charge < -0.3 is 23.5 Å². The molecule has 4 atom stereocenters. The molecule has 168 valence electrons. The molecular weight excluding hydrogens is 531 g/mol. The van der Waals surface area contributed by atoms with Crippen molar-refractivity contribution in [2.75, 3.05) is 24.3 Å². The fourth-order valence-electron chi connectivity index (χ4n) is 4.09. The predicted octanol–water partition coefficient (Wildman–Crippen LogP) is 3.97. The topological polar surface area (TPSA) is 93.7 Å². The van der Waals surface area contributed by atoms with Crippen molar-refractivity contribution in [2.24, 2.45) is 5.92 Å². The predicted molar refractivity (Wildman–Crippen MR) is 131 cm³/mol. The zero-order valence-corrected chi connectivity index (χ0v) is 20.6. The molecule has 0 bridgehead atoms. The number of anilines is 2. The molecule has 1 aliphatic carbocycles. The van der Waals surface area contributed by atoms with Crippen molar-refractivity contribution in [3.8, 4) is 0 Å². The number of ether oxygens (including phenoxy) is 1. The normalized spacial score (nSPS) is 23.3. The Morgan fingerprint density at radius 1 is 1.29 bits per heavy atom. The van der Waals surface area contributed by atoms with Crippen molar-refractivity contribution in [3.05, 3.63) is 58.8 Å². The van der Waals surface area contributed by atoms with Gasteiger partial charge >= 0.3 is 0 Å². The number of benzene rings is 1. The Bertz CT molecular complexity index is 902. The van der Waals surface area contributed by atoms with Crippen LogP contribution in [0.5, 0.6) is 0 Å². The van der Waals surface area contributed by atoms with Crippen LogP contribution in [0.3, 0.4) is 0 Å². The van der Waals surface area contributed by atoms with Gasteiger partial charge in [-0.1, -0.05) is 61.9 Å². The zero-order valence-electron chi connectivity index (χ0n) is 17.7. The van der Waals surface area contributed by atoms with E-state index >= 15 is 0 Å². The lowest BCUT2D eigenvalue weighted by Crippen LogP contribution is -2.43. The molecular formula is C22H28ClIN4O3. The molecule has 0 aliphatic heterocycles. The van der Waals surface area contributed by atoms with Gasteiger partial charge in [0.25, 0.3) is 0 Å². The number of halogens is 2. The smallest absolute Gasteiger partial charge is 0.223 e. The fourth-order valence-corrected chi connectivity index (χ4v) is 5.01. The first-order valence-electron chi connectivity index (χ1n) is 10.2. The third kappa shape index (κ3) is 5.31. The highest BCUT2D eigenvalue weighted by molar-refractivity contribution is 14.1. The minimum atomic E-state index is -0.816. The summed E-state index contributed by atoms with van der Waals surface area (Å²) in [5.74, 6) is 0.518. The van der Waals surface area contributed by atoms with Crippen LogP contribution in [0.2, 0.25) is 5.15 Å². The quantitative estimate of drug-likeness (QED) is 0.273. The molecule has 0 amide bonds. The lowest BCUT2D eigenvalue weighted by molar-refractivity contribution is 0.0230. The van der Waals surface area contributed by atoms with E-state index < -0.39 is 18.2 Å². The number of hydrogen-bond donors (Lipinski definition) is 2. The summed E-state index contributed by atoms with van der Waals surface area (Å²) in [5, 5.41) is 11.4. The van der Waals surface area contributed by atoms with E-state index in [0.717, 1.165) is 23.1 Å². The molecule has 1 saturated carbocycles. The molecule has 2 aromatic rings. The number of nitrogens with two attached hydrogens (primary N) is 1. The first kappa shape index (κ1) is 24.2. The van der Waals surface area contributed by atoms with Crippen LogP contribution in [0.4, 0.5) is 11.8 Å². The molecule has 3 N–H and O–H groups in total. The summed E-state index contributed by atoms with van der Waals surface area (Å²) in [4.78, 5) is 10.4. The molecule has 31 heavy (non-hydrogen) atoms. The fraction of sp³-hybridized carbons (Fsp3) is 0.455. The molecule has 3 rings (SSSR count). The Morgan fingerprint density at radius 3 is 2.65 bits per heavy atom. The molecule has 1 aliphatic rings. The van der Waals surface area contributed by atoms with Crippen molar-refractivity contribution >= 4 is 46.4 Å². The highest BCUT2D eigenvalue weighted by Crippen LogP contribution is 2.40. The second kappa shape index (κ2) is 10.9. The average molecular weight is 559 g/mol. The van der Waals surface area contributed by atoms with Crippen LogP contribution in [0.15, 0.2) is 42.5 Å². The van der Waals surface area contributed by atoms with Gasteiger partial charge in [-0.05, 0) is 17.6 Å². The van der Waals surface area contributed by atoms with E-state index in [9.17, 15) is 5.11 Å². The minimum Gasteiger partial charge on any atom is -0.388 e. The summed E-state index contributed by atoms with van der Waals surface area (Å²) in [7, 11) is 1.85. The lowest BCUT2D eigenvalue weighted by Gasteiger charge is -2.31. The Morgan fingerprint density at radius 2 is 2.00 bits per heavy atom. The van der Waals surface area contributed by atoms with Gasteiger partial charge in [0.05, 0.1) is 19.3 Å². The molecule has 1 heterocycles. The summed E-state index contributed by atoms with van der Waals surface area (Å²) >= 11 is 8.19. The summed E-state index contributed by atoms with van der Waals surface area (Å²) in [5.41, 5.74) is 8.58. The van der Waals surface area contributed by atoms with Crippen LogP contribution in [-0.4, -0.2) is 47.0 Å². The zero-order chi connectivity index (χ0) is 22.5. The van der Waals surface area contributed by atoms with Gasteiger partial charge in [-0.2, -0.15) is 4.98 Å². The van der Waals surface area contributed by atoms with Crippen LogP contribution in [0.25, 0.3) is 0 Å². The monoisotopic (exact) mass is 558 g/mol. The highest BCUT2D eigenvalue weighted by atomic mass is 127. The van der Waals surface area contributed by atoms with Crippen molar-refractivity contribution in [2.45, 2.75) is 44.6 Å². The third-order valence-corrected chi connectivity index (χ3v) is 6.53. The molecule has 0 radical (unpaired) electrons. The summed E-state index contributed by atoms with van der Waals surface area (Å²) < 4.78 is 11.6. The van der Waals surface area contributed by atoms with Crippen LogP contribution < -0.4 is 10.6 Å². The standard InChI is InChI=1S/C22H28ClIN4O3/c1-4-8-15-20(23)26-22(25)27-21(15)28(3)17-13(2)16(19(31-24)18(17)29)12-30-11-14-9-6-5-7-10-14/h5-7,9-10,16-19,29H,2,4,8,11-12H2,1,3H3,(H2,25,26,27). The van der Waals surface area contributed by atoms with Crippen molar-refractivity contribution < 1.29 is 12.9 Å². The number of nitrogens with zero attached hydrogens (tertiary/aromatic N) is 3. The highest BCUT2D eigenvalue weighted by Gasteiger charge is 2.48. The van der Waals surface area contributed by atoms with E-state index in [4.69, 9.17) is 25.1 Å². The molecule has 4 unspecified atom stereocenters. The van der Waals surface area contributed by atoms with Gasteiger partial charge in [0.15, 0.2) is 0 Å². The van der Waals surface area contributed by atoms with Gasteiger partial charge in [-0.15, -0.1) is 0 Å². The number of rotatable bonds is 9. The molecule has 7 nitrogen and oxygen atoms in total. The lowest BCUT2D eigenvalue weighted by atomic mass is 10.0. The van der Waals surface area contributed by atoms with Crippen molar-refractivity contribution in [1.29, 1.82) is 0 Å². The molecule has 1 aromatic heterocycles. The van der Waals surface area contributed by atoms with Crippen LogP contribution in [0.1, 0.15) is 24.5 Å².